The van der Waals surface area contributed by atoms with Crippen LogP contribution in [0.3, 0.4) is 0 Å². The zero-order valence-corrected chi connectivity index (χ0v) is 20.8. The molecule has 0 aliphatic carbocycles. The molecule has 3 fully saturated rings. The molecule has 4 aliphatic heterocycles. The first-order valence-corrected chi connectivity index (χ1v) is 13.1. The number of nitrogens with one attached hydrogen (secondary N) is 1. The highest BCUT2D eigenvalue weighted by Crippen LogP contribution is 2.45. The van der Waals surface area contributed by atoms with Crippen molar-refractivity contribution in [1.82, 2.24) is 20.1 Å². The van der Waals surface area contributed by atoms with Crippen LogP contribution in [0.5, 0.6) is 0 Å². The standard InChI is InChI=1S/C28H31N5O4/c34-24-8-7-23(26(36)30-24)33-16-21-20(27(33)37)4-1-5-22(21)32-17-28(18-32)10-13-31(14-11-28)25(35)9-6-19-3-2-12-29-15-19/h1-5,12,15,23H,6-11,13-14,16-18H2,(H,30,34,36). The first kappa shape index (κ1) is 23.6. The number of rotatable bonds is 5. The summed E-state index contributed by atoms with van der Waals surface area (Å²) in [6.45, 7) is 3.78. The van der Waals surface area contributed by atoms with Crippen LogP contribution in [0.4, 0.5) is 5.69 Å². The van der Waals surface area contributed by atoms with E-state index in [4.69, 9.17) is 0 Å². The van der Waals surface area contributed by atoms with Crippen molar-refractivity contribution >= 4 is 29.3 Å². The number of benzene rings is 1. The van der Waals surface area contributed by atoms with Crippen LogP contribution in [-0.2, 0) is 27.3 Å². The Balaban J connectivity index is 1.06. The minimum atomic E-state index is -0.604. The third-order valence-electron chi connectivity index (χ3n) is 8.48. The Morgan fingerprint density at radius 1 is 1.08 bits per heavy atom. The van der Waals surface area contributed by atoms with Crippen LogP contribution >= 0.6 is 0 Å². The van der Waals surface area contributed by atoms with Crippen molar-refractivity contribution in [1.29, 1.82) is 0 Å². The van der Waals surface area contributed by atoms with Gasteiger partial charge in [0.05, 0.1) is 0 Å². The smallest absolute Gasteiger partial charge is 0.255 e. The molecule has 1 N–H and O–H groups in total. The highest BCUT2D eigenvalue weighted by atomic mass is 16.2. The fraction of sp³-hybridized carbons (Fsp3) is 0.464. The van der Waals surface area contributed by atoms with E-state index in [9.17, 15) is 19.2 Å². The first-order valence-electron chi connectivity index (χ1n) is 13.1. The summed E-state index contributed by atoms with van der Waals surface area (Å²) in [4.78, 5) is 59.9. The lowest BCUT2D eigenvalue weighted by Crippen LogP contribution is -2.61. The monoisotopic (exact) mass is 501 g/mol. The van der Waals surface area contributed by atoms with Gasteiger partial charge >= 0.3 is 0 Å². The Bertz CT molecular complexity index is 1250. The Morgan fingerprint density at radius 2 is 1.89 bits per heavy atom. The number of fused-ring (bicyclic) bond motifs is 1. The van der Waals surface area contributed by atoms with E-state index in [2.05, 4.69) is 21.3 Å². The van der Waals surface area contributed by atoms with Gasteiger partial charge < -0.3 is 14.7 Å². The number of pyridine rings is 1. The van der Waals surface area contributed by atoms with Crippen molar-refractivity contribution in [2.75, 3.05) is 31.1 Å². The number of hydrogen-bond donors (Lipinski definition) is 1. The predicted molar refractivity (Wildman–Crippen MR) is 136 cm³/mol. The number of anilines is 1. The first-order chi connectivity index (χ1) is 17.9. The van der Waals surface area contributed by atoms with Gasteiger partial charge in [-0.05, 0) is 49.4 Å². The topological polar surface area (TPSA) is 103 Å². The number of nitrogens with zero attached hydrogens (tertiary/aromatic N) is 4. The molecule has 0 saturated carbocycles. The van der Waals surface area contributed by atoms with Crippen LogP contribution in [0.2, 0.25) is 0 Å². The predicted octanol–water partition coefficient (Wildman–Crippen LogP) is 1.90. The Kier molecular flexibility index (Phi) is 5.93. The number of imide groups is 1. The largest absolute Gasteiger partial charge is 0.370 e. The highest BCUT2D eigenvalue weighted by Gasteiger charge is 2.47. The molecule has 1 unspecified atom stereocenters. The number of piperidine rings is 2. The number of hydrogen-bond acceptors (Lipinski definition) is 6. The number of likely N-dealkylation sites (tertiary alicyclic amines) is 1. The lowest BCUT2D eigenvalue weighted by atomic mass is 9.71. The zero-order valence-electron chi connectivity index (χ0n) is 20.8. The van der Waals surface area contributed by atoms with Gasteiger partial charge in [-0.25, -0.2) is 0 Å². The van der Waals surface area contributed by atoms with E-state index >= 15 is 0 Å². The molecular formula is C28H31N5O4. The summed E-state index contributed by atoms with van der Waals surface area (Å²) in [5.74, 6) is -0.593. The average Bonchev–Trinajstić information content (AvgIpc) is 3.23. The summed E-state index contributed by atoms with van der Waals surface area (Å²) >= 11 is 0. The Morgan fingerprint density at radius 3 is 2.62 bits per heavy atom. The number of amides is 4. The number of carbonyl (C=O) groups excluding carboxylic acids is 4. The van der Waals surface area contributed by atoms with Crippen molar-refractivity contribution in [3.8, 4) is 0 Å². The van der Waals surface area contributed by atoms with Gasteiger partial charge in [0.15, 0.2) is 0 Å². The van der Waals surface area contributed by atoms with E-state index in [0.29, 0.717) is 24.9 Å². The molecule has 4 amide bonds. The van der Waals surface area contributed by atoms with Crippen LogP contribution in [0.15, 0.2) is 42.7 Å². The van der Waals surface area contributed by atoms with E-state index in [1.165, 1.54) is 0 Å². The molecule has 5 heterocycles. The molecule has 2 aromatic rings. The van der Waals surface area contributed by atoms with Crippen LogP contribution in [0, 0.1) is 5.41 Å². The molecule has 1 aromatic heterocycles. The van der Waals surface area contributed by atoms with Crippen molar-refractivity contribution in [2.45, 2.75) is 51.1 Å². The highest BCUT2D eigenvalue weighted by molar-refractivity contribution is 6.06. The van der Waals surface area contributed by atoms with Gasteiger partial charge in [0.2, 0.25) is 17.7 Å². The SMILES string of the molecule is O=C1CCC(N2Cc3c(cccc3N3CC4(CCN(C(=O)CCc5cccnc5)CC4)C3)C2=O)C(=O)N1. The molecule has 0 radical (unpaired) electrons. The van der Waals surface area contributed by atoms with Gasteiger partial charge in [-0.1, -0.05) is 12.1 Å². The normalized spacial score (nSPS) is 22.6. The van der Waals surface area contributed by atoms with Gasteiger partial charge in [0.1, 0.15) is 6.04 Å². The maximum atomic E-state index is 13.1. The molecule has 1 atom stereocenters. The molecule has 1 spiro atoms. The Labute approximate surface area is 215 Å². The molecule has 37 heavy (non-hydrogen) atoms. The van der Waals surface area contributed by atoms with E-state index in [-0.39, 0.29) is 35.5 Å². The summed E-state index contributed by atoms with van der Waals surface area (Å²) < 4.78 is 0. The molecule has 4 aliphatic rings. The lowest BCUT2D eigenvalue weighted by Gasteiger charge is -2.55. The van der Waals surface area contributed by atoms with Crippen molar-refractivity contribution in [3.63, 3.8) is 0 Å². The Hall–Kier alpha value is -3.75. The fourth-order valence-electron chi connectivity index (χ4n) is 6.30. The average molecular weight is 502 g/mol. The summed E-state index contributed by atoms with van der Waals surface area (Å²) in [5.41, 5.74) is 3.96. The minimum absolute atomic E-state index is 0.139. The van der Waals surface area contributed by atoms with Gasteiger partial charge in [-0.15, -0.1) is 0 Å². The summed E-state index contributed by atoms with van der Waals surface area (Å²) in [7, 11) is 0. The molecule has 1 aromatic carbocycles. The van der Waals surface area contributed by atoms with E-state index < -0.39 is 6.04 Å². The maximum Gasteiger partial charge on any atom is 0.255 e. The van der Waals surface area contributed by atoms with Crippen molar-refractivity contribution in [3.05, 3.63) is 59.4 Å². The minimum Gasteiger partial charge on any atom is -0.370 e. The molecule has 192 valence electrons. The second-order valence-corrected chi connectivity index (χ2v) is 10.8. The summed E-state index contributed by atoms with van der Waals surface area (Å²) in [6, 6.07) is 9.11. The van der Waals surface area contributed by atoms with E-state index in [0.717, 1.165) is 62.3 Å². The van der Waals surface area contributed by atoms with Crippen LogP contribution in [0.25, 0.3) is 0 Å². The van der Waals surface area contributed by atoms with Gasteiger partial charge in [0.25, 0.3) is 5.91 Å². The summed E-state index contributed by atoms with van der Waals surface area (Å²) in [6.07, 6.45) is 7.38. The van der Waals surface area contributed by atoms with E-state index in [1.807, 2.05) is 35.4 Å². The molecule has 6 rings (SSSR count). The quantitative estimate of drug-likeness (QED) is 0.628. The molecule has 9 nitrogen and oxygen atoms in total. The molecule has 3 saturated heterocycles. The molecule has 0 bridgehead atoms. The maximum absolute atomic E-state index is 13.1. The van der Waals surface area contributed by atoms with Crippen LogP contribution in [0.1, 0.15) is 53.6 Å². The molecular weight excluding hydrogens is 470 g/mol. The van der Waals surface area contributed by atoms with Crippen molar-refractivity contribution in [2.24, 2.45) is 5.41 Å². The van der Waals surface area contributed by atoms with Crippen LogP contribution < -0.4 is 10.2 Å². The third kappa shape index (κ3) is 4.36. The second kappa shape index (κ2) is 9.28. The fourth-order valence-corrected chi connectivity index (χ4v) is 6.30. The summed E-state index contributed by atoms with van der Waals surface area (Å²) in [5, 5.41) is 2.37. The van der Waals surface area contributed by atoms with Gasteiger partial charge in [-0.2, -0.15) is 0 Å². The molecule has 9 heteroatoms. The second-order valence-electron chi connectivity index (χ2n) is 10.8. The van der Waals surface area contributed by atoms with Crippen LogP contribution in [-0.4, -0.2) is 70.6 Å². The number of aromatic nitrogens is 1. The zero-order chi connectivity index (χ0) is 25.6. The third-order valence-corrected chi connectivity index (χ3v) is 8.48. The van der Waals surface area contributed by atoms with Gasteiger partial charge in [0, 0.05) is 80.2 Å². The number of carbonyl (C=O) groups is 4. The number of aryl methyl sites for hydroxylation is 1. The lowest BCUT2D eigenvalue weighted by molar-refractivity contribution is -0.137. The van der Waals surface area contributed by atoms with E-state index in [1.54, 1.807) is 11.1 Å². The van der Waals surface area contributed by atoms with Gasteiger partial charge in [-0.3, -0.25) is 29.5 Å². The van der Waals surface area contributed by atoms with Crippen molar-refractivity contribution < 1.29 is 19.2 Å².